The highest BCUT2D eigenvalue weighted by atomic mass is 16.5. The van der Waals surface area contributed by atoms with E-state index < -0.39 is 0 Å². The second-order valence-corrected chi connectivity index (χ2v) is 11.5. The number of Topliss-reactive ketones (excluding diaryl/α,β-unsaturated/α-hetero) is 2. The summed E-state index contributed by atoms with van der Waals surface area (Å²) in [6, 6.07) is 3.66. The first-order valence-corrected chi connectivity index (χ1v) is 15.5. The third-order valence-electron chi connectivity index (χ3n) is 7.58. The molecule has 1 aromatic rings. The molecule has 0 heterocycles. The van der Waals surface area contributed by atoms with Gasteiger partial charge in [-0.25, -0.2) is 0 Å². The van der Waals surface area contributed by atoms with Crippen molar-refractivity contribution >= 4 is 11.6 Å². The number of ketones is 2. The quantitative estimate of drug-likeness (QED) is 0.128. The van der Waals surface area contributed by atoms with E-state index in [1.165, 1.54) is 44.9 Å². The molecule has 0 bridgehead atoms. The lowest BCUT2D eigenvalue weighted by atomic mass is 9.84. The number of carbonyl (C=O) groups is 2. The van der Waals surface area contributed by atoms with Crippen LogP contribution in [0, 0.1) is 11.8 Å². The van der Waals surface area contributed by atoms with Crippen LogP contribution < -0.4 is 9.47 Å². The number of benzene rings is 1. The molecule has 1 aliphatic carbocycles. The van der Waals surface area contributed by atoms with Gasteiger partial charge >= 0.3 is 0 Å². The van der Waals surface area contributed by atoms with Crippen LogP contribution in [0.1, 0.15) is 158 Å². The molecular formula is C33H54O4. The summed E-state index contributed by atoms with van der Waals surface area (Å²) >= 11 is 0. The molecule has 0 radical (unpaired) electrons. The fourth-order valence-corrected chi connectivity index (χ4v) is 5.23. The summed E-state index contributed by atoms with van der Waals surface area (Å²) in [7, 11) is 0. The van der Waals surface area contributed by atoms with Crippen LogP contribution >= 0.6 is 0 Å². The van der Waals surface area contributed by atoms with Crippen molar-refractivity contribution in [1.29, 1.82) is 0 Å². The zero-order valence-electron chi connectivity index (χ0n) is 24.4. The summed E-state index contributed by atoms with van der Waals surface area (Å²) in [4.78, 5) is 26.9. The Bertz CT molecular complexity index is 792. The monoisotopic (exact) mass is 514 g/mol. The normalized spacial score (nSPS) is 14.2. The van der Waals surface area contributed by atoms with Crippen LogP contribution in [0.5, 0.6) is 11.5 Å². The van der Waals surface area contributed by atoms with E-state index >= 15 is 0 Å². The summed E-state index contributed by atoms with van der Waals surface area (Å²) in [5.74, 6) is 2.38. The Kier molecular flexibility index (Phi) is 15.6. The van der Waals surface area contributed by atoms with Crippen molar-refractivity contribution in [2.24, 2.45) is 11.8 Å². The van der Waals surface area contributed by atoms with Gasteiger partial charge in [0.15, 0.2) is 11.6 Å². The fourth-order valence-electron chi connectivity index (χ4n) is 5.23. The highest BCUT2D eigenvalue weighted by Gasteiger charge is 2.24. The van der Waals surface area contributed by atoms with Crippen LogP contribution in [0.2, 0.25) is 0 Å². The van der Waals surface area contributed by atoms with Crippen LogP contribution in [-0.2, 0) is 0 Å². The molecule has 1 aliphatic rings. The van der Waals surface area contributed by atoms with Gasteiger partial charge in [-0.05, 0) is 37.2 Å². The van der Waals surface area contributed by atoms with Crippen molar-refractivity contribution in [3.05, 3.63) is 23.3 Å². The van der Waals surface area contributed by atoms with E-state index in [-0.39, 0.29) is 11.6 Å². The second-order valence-electron chi connectivity index (χ2n) is 11.5. The average molecular weight is 515 g/mol. The van der Waals surface area contributed by atoms with Gasteiger partial charge in [-0.2, -0.15) is 0 Å². The van der Waals surface area contributed by atoms with Gasteiger partial charge in [-0.3, -0.25) is 9.59 Å². The van der Waals surface area contributed by atoms with Gasteiger partial charge in [-0.1, -0.05) is 105 Å². The van der Waals surface area contributed by atoms with Crippen molar-refractivity contribution in [2.75, 3.05) is 13.2 Å². The Morgan fingerprint density at radius 1 is 0.757 bits per heavy atom. The van der Waals surface area contributed by atoms with Crippen LogP contribution in [-0.4, -0.2) is 24.8 Å². The summed E-state index contributed by atoms with van der Waals surface area (Å²) in [6.45, 7) is 9.93. The van der Waals surface area contributed by atoms with Gasteiger partial charge in [0.2, 0.25) is 0 Å². The summed E-state index contributed by atoms with van der Waals surface area (Å²) in [5.41, 5.74) is 1.14. The van der Waals surface area contributed by atoms with Crippen molar-refractivity contribution in [1.82, 2.24) is 0 Å². The van der Waals surface area contributed by atoms with Gasteiger partial charge in [-0.15, -0.1) is 0 Å². The Labute approximate surface area is 227 Å². The molecule has 4 nitrogen and oxygen atoms in total. The van der Waals surface area contributed by atoms with Crippen LogP contribution in [0.25, 0.3) is 0 Å². The van der Waals surface area contributed by atoms with Crippen LogP contribution in [0.4, 0.5) is 0 Å². The van der Waals surface area contributed by atoms with Gasteiger partial charge in [0.05, 0.1) is 24.3 Å². The molecule has 0 aliphatic heterocycles. The van der Waals surface area contributed by atoms with E-state index in [2.05, 4.69) is 27.7 Å². The molecule has 1 saturated carbocycles. The standard InChI is InChI=1S/C33H54O4/c1-5-7-9-14-21-36-32-25-33(37-22-15-10-8-6-2)29(31(35)23-27-18-12-11-13-19-27)24-28(32)30(34)20-16-17-26(3)4/h24-27H,5-23H2,1-4H3. The molecule has 0 aromatic heterocycles. The molecule has 210 valence electrons. The Balaban J connectivity index is 2.29. The van der Waals surface area contributed by atoms with E-state index in [1.807, 2.05) is 12.1 Å². The molecule has 0 unspecified atom stereocenters. The molecule has 0 N–H and O–H groups in total. The van der Waals surface area contributed by atoms with Gasteiger partial charge < -0.3 is 9.47 Å². The highest BCUT2D eigenvalue weighted by Crippen LogP contribution is 2.35. The summed E-state index contributed by atoms with van der Waals surface area (Å²) in [5, 5.41) is 0. The fraction of sp³-hybridized carbons (Fsp3) is 0.758. The number of ether oxygens (including phenoxy) is 2. The molecule has 37 heavy (non-hydrogen) atoms. The van der Waals surface area contributed by atoms with E-state index in [0.29, 0.717) is 60.5 Å². The highest BCUT2D eigenvalue weighted by molar-refractivity contribution is 6.05. The van der Waals surface area contributed by atoms with Crippen molar-refractivity contribution < 1.29 is 19.1 Å². The molecule has 0 saturated heterocycles. The average Bonchev–Trinajstić information content (AvgIpc) is 2.88. The molecular weight excluding hydrogens is 460 g/mol. The van der Waals surface area contributed by atoms with E-state index in [1.54, 1.807) is 0 Å². The minimum absolute atomic E-state index is 0.0745. The Hall–Kier alpha value is -1.84. The van der Waals surface area contributed by atoms with Crippen molar-refractivity contribution in [3.63, 3.8) is 0 Å². The predicted octanol–water partition coefficient (Wildman–Crippen LogP) is 9.77. The minimum Gasteiger partial charge on any atom is -0.493 e. The van der Waals surface area contributed by atoms with E-state index in [9.17, 15) is 9.59 Å². The third kappa shape index (κ3) is 12.0. The minimum atomic E-state index is 0.0745. The van der Waals surface area contributed by atoms with Crippen LogP contribution in [0.3, 0.4) is 0 Å². The lowest BCUT2D eigenvalue weighted by molar-refractivity contribution is 0.0946. The molecule has 0 atom stereocenters. The van der Waals surface area contributed by atoms with E-state index in [4.69, 9.17) is 9.47 Å². The molecule has 2 rings (SSSR count). The topological polar surface area (TPSA) is 52.6 Å². The number of unbranched alkanes of at least 4 members (excludes halogenated alkanes) is 6. The number of hydrogen-bond donors (Lipinski definition) is 0. The lowest BCUT2D eigenvalue weighted by Gasteiger charge is -2.22. The number of carbonyl (C=O) groups excluding carboxylic acids is 2. The third-order valence-corrected chi connectivity index (χ3v) is 7.58. The zero-order valence-corrected chi connectivity index (χ0v) is 24.4. The number of hydrogen-bond acceptors (Lipinski definition) is 4. The first-order chi connectivity index (χ1) is 18.0. The summed E-state index contributed by atoms with van der Waals surface area (Å²) < 4.78 is 12.4. The van der Waals surface area contributed by atoms with Gasteiger partial charge in [0.1, 0.15) is 11.5 Å². The molecule has 0 amide bonds. The zero-order chi connectivity index (χ0) is 26.9. The smallest absolute Gasteiger partial charge is 0.166 e. The molecule has 1 aromatic carbocycles. The maximum Gasteiger partial charge on any atom is 0.166 e. The molecule has 1 fully saturated rings. The Morgan fingerprint density at radius 2 is 1.32 bits per heavy atom. The largest absolute Gasteiger partial charge is 0.493 e. The first-order valence-electron chi connectivity index (χ1n) is 15.5. The first kappa shape index (κ1) is 31.4. The molecule has 0 spiro atoms. The lowest BCUT2D eigenvalue weighted by Crippen LogP contribution is -2.15. The van der Waals surface area contributed by atoms with Gasteiger partial charge in [0.25, 0.3) is 0 Å². The Morgan fingerprint density at radius 3 is 1.86 bits per heavy atom. The number of rotatable bonds is 20. The SMILES string of the molecule is CCCCCCOc1cc(OCCCCCC)c(C(=O)CC2CCCCC2)cc1C(=O)CCCC(C)C. The van der Waals surface area contributed by atoms with Gasteiger partial charge in [0, 0.05) is 18.9 Å². The molecule has 4 heteroatoms. The second kappa shape index (κ2) is 18.4. The van der Waals surface area contributed by atoms with Crippen LogP contribution in [0.15, 0.2) is 12.1 Å². The van der Waals surface area contributed by atoms with Crippen molar-refractivity contribution in [3.8, 4) is 11.5 Å². The van der Waals surface area contributed by atoms with E-state index in [0.717, 1.165) is 51.4 Å². The van der Waals surface area contributed by atoms with Crippen molar-refractivity contribution in [2.45, 2.75) is 137 Å². The maximum atomic E-state index is 13.6. The predicted molar refractivity (Wildman–Crippen MR) is 154 cm³/mol. The summed E-state index contributed by atoms with van der Waals surface area (Å²) in [6.07, 6.45) is 17.7. The maximum absolute atomic E-state index is 13.6.